The van der Waals surface area contributed by atoms with Gasteiger partial charge in [-0.25, -0.2) is 0 Å². The lowest BCUT2D eigenvalue weighted by atomic mass is 9.70. The summed E-state index contributed by atoms with van der Waals surface area (Å²) in [6, 6.07) is 23.2. The van der Waals surface area contributed by atoms with Crippen LogP contribution < -0.4 is 15.4 Å². The average molecular weight is 586 g/mol. The SMILES string of the molecule is COc1ccc(CNC(=O)[C@@H]2[C@H]3C(=O)N(Cc4ccc(Cl)cc4)[C@@H](C(=O)NCc4ccccc4)[C@@]34C=C[C@@]2(C)O4)cc1. The van der Waals surface area contributed by atoms with Gasteiger partial charge in [0.15, 0.2) is 0 Å². The summed E-state index contributed by atoms with van der Waals surface area (Å²) >= 11 is 6.10. The van der Waals surface area contributed by atoms with Crippen molar-refractivity contribution in [3.8, 4) is 5.75 Å². The third-order valence-corrected chi connectivity index (χ3v) is 8.78. The Labute approximate surface area is 249 Å². The first-order valence-electron chi connectivity index (χ1n) is 13.9. The van der Waals surface area contributed by atoms with Crippen LogP contribution in [0.5, 0.6) is 5.75 Å². The molecule has 3 aliphatic rings. The summed E-state index contributed by atoms with van der Waals surface area (Å²) in [4.78, 5) is 43.5. The maximum Gasteiger partial charge on any atom is 0.246 e. The number of halogens is 1. The number of ether oxygens (including phenoxy) is 2. The van der Waals surface area contributed by atoms with E-state index in [1.165, 1.54) is 0 Å². The minimum absolute atomic E-state index is 0.172. The summed E-state index contributed by atoms with van der Waals surface area (Å²) in [6.07, 6.45) is 3.65. The van der Waals surface area contributed by atoms with Gasteiger partial charge in [0.2, 0.25) is 17.7 Å². The molecule has 42 heavy (non-hydrogen) atoms. The predicted octanol–water partition coefficient (Wildman–Crippen LogP) is 4.02. The second-order valence-corrected chi connectivity index (χ2v) is 11.6. The fraction of sp³-hybridized carbons (Fsp3) is 0.303. The minimum Gasteiger partial charge on any atom is -0.497 e. The lowest BCUT2D eigenvalue weighted by Crippen LogP contribution is -2.54. The van der Waals surface area contributed by atoms with Gasteiger partial charge in [0.05, 0.1) is 24.5 Å². The molecule has 2 N–H and O–H groups in total. The van der Waals surface area contributed by atoms with E-state index in [2.05, 4.69) is 10.6 Å². The molecule has 2 saturated heterocycles. The number of nitrogens with one attached hydrogen (secondary N) is 2. The van der Waals surface area contributed by atoms with Crippen LogP contribution >= 0.6 is 11.6 Å². The highest BCUT2D eigenvalue weighted by atomic mass is 35.5. The van der Waals surface area contributed by atoms with Gasteiger partial charge in [0.25, 0.3) is 0 Å². The fourth-order valence-corrected chi connectivity index (χ4v) is 6.64. The van der Waals surface area contributed by atoms with Crippen LogP contribution in [0.1, 0.15) is 23.6 Å². The first-order chi connectivity index (χ1) is 20.2. The molecule has 9 heteroatoms. The molecule has 0 saturated carbocycles. The van der Waals surface area contributed by atoms with E-state index < -0.39 is 29.1 Å². The number of carbonyl (C=O) groups excluding carboxylic acids is 3. The maximum atomic E-state index is 14.2. The predicted molar refractivity (Wildman–Crippen MR) is 157 cm³/mol. The molecule has 0 aliphatic carbocycles. The molecule has 0 unspecified atom stereocenters. The van der Waals surface area contributed by atoms with Crippen LogP contribution in [-0.2, 0) is 38.8 Å². The summed E-state index contributed by atoms with van der Waals surface area (Å²) in [7, 11) is 1.60. The third kappa shape index (κ3) is 4.84. The summed E-state index contributed by atoms with van der Waals surface area (Å²) < 4.78 is 11.8. The summed E-state index contributed by atoms with van der Waals surface area (Å²) in [5.41, 5.74) is 0.332. The van der Waals surface area contributed by atoms with Gasteiger partial charge in [-0.1, -0.05) is 78.4 Å². The van der Waals surface area contributed by atoms with Crippen molar-refractivity contribution in [1.82, 2.24) is 15.5 Å². The number of nitrogens with zero attached hydrogens (tertiary/aromatic N) is 1. The van der Waals surface area contributed by atoms with Crippen LogP contribution in [0.4, 0.5) is 0 Å². The van der Waals surface area contributed by atoms with Gasteiger partial charge >= 0.3 is 0 Å². The van der Waals surface area contributed by atoms with E-state index in [1.807, 2.05) is 85.8 Å². The van der Waals surface area contributed by atoms with Gasteiger partial charge in [-0.15, -0.1) is 0 Å². The van der Waals surface area contributed by atoms with Crippen LogP contribution in [0.15, 0.2) is 91.0 Å². The molecule has 5 atom stereocenters. The zero-order valence-electron chi connectivity index (χ0n) is 23.4. The van der Waals surface area contributed by atoms with Crippen LogP contribution in [0.2, 0.25) is 5.02 Å². The van der Waals surface area contributed by atoms with Gasteiger partial charge in [0, 0.05) is 24.7 Å². The van der Waals surface area contributed by atoms with Crippen molar-refractivity contribution < 1.29 is 23.9 Å². The number of hydrogen-bond donors (Lipinski definition) is 2. The molecule has 1 spiro atoms. The molecule has 6 rings (SSSR count). The van der Waals surface area contributed by atoms with Gasteiger partial charge in [-0.3, -0.25) is 14.4 Å². The number of benzene rings is 3. The van der Waals surface area contributed by atoms with E-state index in [0.29, 0.717) is 11.6 Å². The summed E-state index contributed by atoms with van der Waals surface area (Å²) in [5, 5.41) is 6.59. The van der Waals surface area contributed by atoms with Crippen LogP contribution in [-0.4, -0.2) is 47.0 Å². The molecule has 3 aromatic carbocycles. The van der Waals surface area contributed by atoms with Crippen LogP contribution in [0, 0.1) is 11.8 Å². The minimum atomic E-state index is -1.28. The molecule has 2 bridgehead atoms. The Hall–Kier alpha value is -4.14. The molecule has 3 amide bonds. The molecule has 0 radical (unpaired) electrons. The van der Waals surface area contributed by atoms with Crippen LogP contribution in [0.25, 0.3) is 0 Å². The highest BCUT2D eigenvalue weighted by Gasteiger charge is 2.76. The first-order valence-corrected chi connectivity index (χ1v) is 14.3. The largest absolute Gasteiger partial charge is 0.497 e. The van der Waals surface area contributed by atoms with Crippen molar-refractivity contribution in [3.63, 3.8) is 0 Å². The van der Waals surface area contributed by atoms with Crippen molar-refractivity contribution in [2.24, 2.45) is 11.8 Å². The van der Waals surface area contributed by atoms with Crippen molar-refractivity contribution in [3.05, 3.63) is 113 Å². The number of rotatable bonds is 9. The highest BCUT2D eigenvalue weighted by molar-refractivity contribution is 6.30. The van der Waals surface area contributed by atoms with E-state index in [1.54, 1.807) is 24.1 Å². The second kappa shape index (κ2) is 10.9. The third-order valence-electron chi connectivity index (χ3n) is 8.53. The van der Waals surface area contributed by atoms with Crippen molar-refractivity contribution >= 4 is 29.3 Å². The molecule has 3 aromatic rings. The second-order valence-electron chi connectivity index (χ2n) is 11.2. The van der Waals surface area contributed by atoms with Gasteiger partial charge in [-0.05, 0) is 47.9 Å². The lowest BCUT2D eigenvalue weighted by Gasteiger charge is -2.33. The molecular weight excluding hydrogens is 554 g/mol. The molecule has 0 aromatic heterocycles. The number of likely N-dealkylation sites (tertiary alicyclic amines) is 1. The molecule has 3 heterocycles. The molecule has 216 valence electrons. The average Bonchev–Trinajstić information content (AvgIpc) is 3.57. The van der Waals surface area contributed by atoms with Crippen LogP contribution in [0.3, 0.4) is 0 Å². The van der Waals surface area contributed by atoms with Crippen molar-refractivity contribution in [2.45, 2.75) is 43.8 Å². The quantitative estimate of drug-likeness (QED) is 0.370. The standard InChI is InChI=1S/C33H32ClN3O5/c1-32-16-17-33(42-32)27(26(32)29(38)35-19-22-10-14-25(41-2)15-11-22)31(40)37(20-23-8-12-24(34)13-9-23)28(33)30(39)36-18-21-6-4-3-5-7-21/h3-17,26-28H,18-20H2,1-2H3,(H,35,38)(H,36,39)/t26-,27-,28-,32+,33+/m0/s1. The maximum absolute atomic E-state index is 14.2. The van der Waals surface area contributed by atoms with Crippen molar-refractivity contribution in [2.75, 3.05) is 7.11 Å². The molecular formula is C33H32ClN3O5. The summed E-state index contributed by atoms with van der Waals surface area (Å²) in [5.74, 6) is -1.87. The Kier molecular flexibility index (Phi) is 7.29. The highest BCUT2D eigenvalue weighted by Crippen LogP contribution is 2.59. The first kappa shape index (κ1) is 28.0. The lowest BCUT2D eigenvalue weighted by molar-refractivity contribution is -0.145. The Bertz CT molecular complexity index is 1530. The number of methoxy groups -OCH3 is 1. The normalized spacial score (nSPS) is 27.2. The van der Waals surface area contributed by atoms with E-state index >= 15 is 0 Å². The Balaban J connectivity index is 1.29. The summed E-state index contributed by atoms with van der Waals surface area (Å²) in [6.45, 7) is 2.56. The van der Waals surface area contributed by atoms with Gasteiger partial charge in [-0.2, -0.15) is 0 Å². The molecule has 2 fully saturated rings. The Morgan fingerprint density at radius 2 is 1.50 bits per heavy atom. The monoisotopic (exact) mass is 585 g/mol. The fourth-order valence-electron chi connectivity index (χ4n) is 6.51. The molecule has 3 aliphatic heterocycles. The number of carbonyl (C=O) groups is 3. The topological polar surface area (TPSA) is 97.0 Å². The van der Waals surface area contributed by atoms with E-state index in [4.69, 9.17) is 21.1 Å². The molecule has 8 nitrogen and oxygen atoms in total. The van der Waals surface area contributed by atoms with Crippen molar-refractivity contribution in [1.29, 1.82) is 0 Å². The Morgan fingerprint density at radius 3 is 2.17 bits per heavy atom. The number of hydrogen-bond acceptors (Lipinski definition) is 5. The van der Waals surface area contributed by atoms with Gasteiger partial charge in [0.1, 0.15) is 17.4 Å². The van der Waals surface area contributed by atoms with E-state index in [0.717, 1.165) is 22.4 Å². The zero-order valence-corrected chi connectivity index (χ0v) is 24.1. The van der Waals surface area contributed by atoms with Gasteiger partial charge < -0.3 is 25.0 Å². The van der Waals surface area contributed by atoms with E-state index in [-0.39, 0.29) is 30.8 Å². The Morgan fingerprint density at radius 1 is 0.881 bits per heavy atom. The number of amides is 3. The van der Waals surface area contributed by atoms with E-state index in [9.17, 15) is 14.4 Å². The number of fused-ring (bicyclic) bond motifs is 1. The smallest absolute Gasteiger partial charge is 0.246 e. The zero-order chi connectivity index (χ0) is 29.5.